The van der Waals surface area contributed by atoms with Gasteiger partial charge in [0, 0.05) is 17.8 Å². The van der Waals surface area contributed by atoms with Crippen LogP contribution in [0.2, 0.25) is 5.02 Å². The molecular weight excluding hydrogens is 470 g/mol. The Morgan fingerprint density at radius 1 is 1.00 bits per heavy atom. The Morgan fingerprint density at radius 2 is 1.74 bits per heavy atom. The van der Waals surface area contributed by atoms with Crippen LogP contribution in [0.5, 0.6) is 5.75 Å². The number of pyridine rings is 1. The van der Waals surface area contributed by atoms with E-state index in [0.29, 0.717) is 29.4 Å². The van der Waals surface area contributed by atoms with Crippen molar-refractivity contribution in [3.63, 3.8) is 0 Å². The van der Waals surface area contributed by atoms with E-state index in [2.05, 4.69) is 0 Å². The monoisotopic (exact) mass is 495 g/mol. The Kier molecular flexibility index (Phi) is 6.82. The van der Waals surface area contributed by atoms with Crippen LogP contribution in [0.4, 0.5) is 0 Å². The fraction of sp³-hybridized carbons (Fsp3) is 0.222. The lowest BCUT2D eigenvalue weighted by Crippen LogP contribution is -2.20. The van der Waals surface area contributed by atoms with Crippen molar-refractivity contribution in [2.24, 2.45) is 0 Å². The summed E-state index contributed by atoms with van der Waals surface area (Å²) in [5.41, 5.74) is 1.97. The lowest BCUT2D eigenvalue weighted by Gasteiger charge is -2.15. The van der Waals surface area contributed by atoms with Crippen molar-refractivity contribution in [3.8, 4) is 5.75 Å². The Balaban J connectivity index is 1.93. The summed E-state index contributed by atoms with van der Waals surface area (Å²) in [6, 6.07) is 19.2. The van der Waals surface area contributed by atoms with Crippen molar-refractivity contribution in [2.75, 3.05) is 6.61 Å². The van der Waals surface area contributed by atoms with E-state index in [-0.39, 0.29) is 21.1 Å². The molecule has 4 aromatic rings. The van der Waals surface area contributed by atoms with Crippen molar-refractivity contribution >= 4 is 32.3 Å². The molecule has 1 aromatic heterocycles. The maximum Gasteiger partial charge on any atom is 0.211 e. The van der Waals surface area contributed by atoms with Crippen molar-refractivity contribution in [3.05, 3.63) is 99.3 Å². The second-order valence-corrected chi connectivity index (χ2v) is 10.8. The van der Waals surface area contributed by atoms with Gasteiger partial charge in [0.25, 0.3) is 0 Å². The van der Waals surface area contributed by atoms with Gasteiger partial charge in [0.15, 0.2) is 0 Å². The van der Waals surface area contributed by atoms with Crippen LogP contribution in [0.3, 0.4) is 0 Å². The largest absolute Gasteiger partial charge is 0.494 e. The molecule has 1 heterocycles. The number of rotatable bonds is 7. The molecule has 0 atom stereocenters. The molecule has 0 amide bonds. The Bertz CT molecular complexity index is 1510. The number of ether oxygens (including phenoxy) is 1. The fourth-order valence-corrected chi connectivity index (χ4v) is 5.50. The van der Waals surface area contributed by atoms with Crippen LogP contribution < -0.4 is 10.2 Å². The first-order chi connectivity index (χ1) is 16.2. The molecule has 0 aliphatic carbocycles. The average molecular weight is 496 g/mol. The molecule has 4 rings (SSSR count). The second kappa shape index (κ2) is 9.65. The molecule has 176 valence electrons. The van der Waals surface area contributed by atoms with Crippen LogP contribution in [-0.2, 0) is 16.4 Å². The Morgan fingerprint density at radius 3 is 2.38 bits per heavy atom. The summed E-state index contributed by atoms with van der Waals surface area (Å²) in [6.45, 7) is 6.71. The maximum absolute atomic E-state index is 13.6. The highest BCUT2D eigenvalue weighted by Gasteiger charge is 2.24. The molecule has 0 saturated carbocycles. The van der Waals surface area contributed by atoms with E-state index in [1.54, 1.807) is 53.1 Å². The molecule has 5 nitrogen and oxygen atoms in total. The van der Waals surface area contributed by atoms with E-state index in [1.165, 1.54) is 6.20 Å². The zero-order valence-electron chi connectivity index (χ0n) is 19.3. The summed E-state index contributed by atoms with van der Waals surface area (Å²) in [7, 11) is -4.05. The first-order valence-corrected chi connectivity index (χ1v) is 13.0. The molecule has 3 aromatic carbocycles. The van der Waals surface area contributed by atoms with E-state index in [0.717, 1.165) is 11.1 Å². The van der Waals surface area contributed by atoms with Crippen molar-refractivity contribution in [2.45, 2.75) is 43.0 Å². The lowest BCUT2D eigenvalue weighted by atomic mass is 10.0. The predicted octanol–water partition coefficient (Wildman–Crippen LogP) is 6.06. The van der Waals surface area contributed by atoms with Gasteiger partial charge >= 0.3 is 0 Å². The van der Waals surface area contributed by atoms with Gasteiger partial charge < -0.3 is 9.30 Å². The lowest BCUT2D eigenvalue weighted by molar-refractivity contribution is 0.340. The highest BCUT2D eigenvalue weighted by molar-refractivity contribution is 7.91. The third kappa shape index (κ3) is 4.74. The van der Waals surface area contributed by atoms with Crippen molar-refractivity contribution in [1.29, 1.82) is 0 Å². The number of nitrogens with zero attached hydrogens (tertiary/aromatic N) is 1. The fourth-order valence-electron chi connectivity index (χ4n) is 3.92. The highest BCUT2D eigenvalue weighted by Crippen LogP contribution is 2.26. The van der Waals surface area contributed by atoms with Crippen molar-refractivity contribution in [1.82, 2.24) is 4.57 Å². The van der Waals surface area contributed by atoms with Gasteiger partial charge in [-0.25, -0.2) is 8.42 Å². The van der Waals surface area contributed by atoms with Gasteiger partial charge in [-0.3, -0.25) is 4.79 Å². The van der Waals surface area contributed by atoms with E-state index >= 15 is 0 Å². The van der Waals surface area contributed by atoms with Crippen LogP contribution in [0, 0.1) is 0 Å². The van der Waals surface area contributed by atoms with E-state index < -0.39 is 15.3 Å². The zero-order chi connectivity index (χ0) is 24.5. The zero-order valence-corrected chi connectivity index (χ0v) is 20.9. The van der Waals surface area contributed by atoms with Crippen LogP contribution in [0.1, 0.15) is 37.8 Å². The number of hydrogen-bond acceptors (Lipinski definition) is 4. The molecule has 0 aliphatic heterocycles. The van der Waals surface area contributed by atoms with Gasteiger partial charge in [-0.2, -0.15) is 0 Å². The van der Waals surface area contributed by atoms with E-state index in [1.807, 2.05) is 39.0 Å². The smallest absolute Gasteiger partial charge is 0.211 e. The third-order valence-electron chi connectivity index (χ3n) is 5.72. The number of sulfone groups is 1. The Labute approximate surface area is 204 Å². The SMILES string of the molecule is CCOc1ccc2c(c1)c(=O)c(S(=O)(=O)c1ccc(C(C)C)cc1)cn2Cc1cccc(Cl)c1. The van der Waals surface area contributed by atoms with Gasteiger partial charge in [0.2, 0.25) is 15.3 Å². The quantitative estimate of drug-likeness (QED) is 0.312. The van der Waals surface area contributed by atoms with Gasteiger partial charge in [0.1, 0.15) is 10.6 Å². The predicted molar refractivity (Wildman–Crippen MR) is 136 cm³/mol. The minimum Gasteiger partial charge on any atom is -0.494 e. The topological polar surface area (TPSA) is 65.4 Å². The molecule has 0 radical (unpaired) electrons. The molecule has 7 heteroatoms. The standard InChI is InChI=1S/C27H26ClNO4S/c1-4-33-22-10-13-25-24(15-22)27(30)26(17-29(25)16-19-6-5-7-21(28)14-19)34(31,32)23-11-8-20(9-12-23)18(2)3/h5-15,17-18H,4,16H2,1-3H3. The van der Waals surface area contributed by atoms with Gasteiger partial charge in [0.05, 0.1) is 22.4 Å². The number of hydrogen-bond donors (Lipinski definition) is 0. The van der Waals surface area contributed by atoms with Gasteiger partial charge in [-0.1, -0.05) is 49.7 Å². The molecule has 0 saturated heterocycles. The number of halogens is 1. The Hall–Kier alpha value is -3.09. The van der Waals surface area contributed by atoms with Crippen LogP contribution in [-0.4, -0.2) is 19.6 Å². The first kappa shape index (κ1) is 24.0. The summed E-state index contributed by atoms with van der Waals surface area (Å²) in [5, 5.41) is 0.868. The van der Waals surface area contributed by atoms with E-state index in [9.17, 15) is 13.2 Å². The molecule has 0 unspecified atom stereocenters. The first-order valence-electron chi connectivity index (χ1n) is 11.1. The summed E-state index contributed by atoms with van der Waals surface area (Å²) in [5.74, 6) is 0.779. The second-order valence-electron chi connectivity index (χ2n) is 8.42. The molecule has 34 heavy (non-hydrogen) atoms. The van der Waals surface area contributed by atoms with E-state index in [4.69, 9.17) is 16.3 Å². The highest BCUT2D eigenvalue weighted by atomic mass is 35.5. The number of benzene rings is 3. The van der Waals surface area contributed by atoms with Gasteiger partial charge in [-0.15, -0.1) is 0 Å². The number of aromatic nitrogens is 1. The third-order valence-corrected chi connectivity index (χ3v) is 7.72. The average Bonchev–Trinajstić information content (AvgIpc) is 2.81. The molecule has 0 spiro atoms. The van der Waals surface area contributed by atoms with Crippen molar-refractivity contribution < 1.29 is 13.2 Å². The molecule has 0 fully saturated rings. The minimum atomic E-state index is -4.05. The summed E-state index contributed by atoms with van der Waals surface area (Å²) < 4.78 is 34.5. The number of fused-ring (bicyclic) bond motifs is 1. The normalized spacial score (nSPS) is 11.8. The van der Waals surface area contributed by atoms with Crippen LogP contribution >= 0.6 is 11.6 Å². The molecular formula is C27H26ClNO4S. The summed E-state index contributed by atoms with van der Waals surface area (Å²) in [4.78, 5) is 13.3. The van der Waals surface area contributed by atoms with Gasteiger partial charge in [-0.05, 0) is 66.4 Å². The molecule has 0 aliphatic rings. The van der Waals surface area contributed by atoms with Crippen LogP contribution in [0.15, 0.2) is 87.5 Å². The van der Waals surface area contributed by atoms with Crippen LogP contribution in [0.25, 0.3) is 10.9 Å². The minimum absolute atomic E-state index is 0.0867. The summed E-state index contributed by atoms with van der Waals surface area (Å²) >= 11 is 6.16. The molecule has 0 bridgehead atoms. The molecule has 0 N–H and O–H groups in total. The maximum atomic E-state index is 13.6. The summed E-state index contributed by atoms with van der Waals surface area (Å²) in [6.07, 6.45) is 1.43.